The molecule has 0 unspecified atom stereocenters. The van der Waals surface area contributed by atoms with Gasteiger partial charge in [-0.2, -0.15) is 13.2 Å². The van der Waals surface area contributed by atoms with Gasteiger partial charge in [-0.05, 0) is 42.8 Å². The van der Waals surface area contributed by atoms with E-state index in [9.17, 15) is 18.0 Å². The molecule has 0 aliphatic heterocycles. The van der Waals surface area contributed by atoms with Crippen LogP contribution in [0.1, 0.15) is 28.2 Å². The molecule has 0 aliphatic carbocycles. The van der Waals surface area contributed by atoms with E-state index in [-0.39, 0.29) is 23.9 Å². The molecule has 2 aromatic heterocycles. The second-order valence-electron chi connectivity index (χ2n) is 7.72. The number of ether oxygens (including phenoxy) is 2. The van der Waals surface area contributed by atoms with Crippen molar-refractivity contribution >= 4 is 11.6 Å². The first kappa shape index (κ1) is 24.3. The number of rotatable bonds is 8. The molecule has 0 fully saturated rings. The fraction of sp³-hybridized carbons (Fsp3) is 0.208. The van der Waals surface area contributed by atoms with Crippen LogP contribution < -0.4 is 15.0 Å². The van der Waals surface area contributed by atoms with Crippen molar-refractivity contribution < 1.29 is 22.6 Å². The molecule has 0 saturated carbocycles. The zero-order valence-electron chi connectivity index (χ0n) is 18.4. The number of halogens is 4. The highest BCUT2D eigenvalue weighted by molar-refractivity contribution is 6.31. The van der Waals surface area contributed by atoms with E-state index in [1.54, 1.807) is 30.5 Å². The summed E-state index contributed by atoms with van der Waals surface area (Å²) in [4.78, 5) is 26.2. The van der Waals surface area contributed by atoms with E-state index in [1.807, 2.05) is 6.92 Å². The van der Waals surface area contributed by atoms with E-state index in [0.29, 0.717) is 30.0 Å². The van der Waals surface area contributed by atoms with Crippen LogP contribution in [0.15, 0.2) is 59.7 Å². The Hall–Kier alpha value is -3.79. The number of aromatic amines is 2. The number of H-pyrrole nitrogens is 2. The third-order valence-corrected chi connectivity index (χ3v) is 5.32. The van der Waals surface area contributed by atoms with Crippen molar-refractivity contribution in [1.29, 1.82) is 0 Å². The topological polar surface area (TPSA) is 92.9 Å². The maximum atomic E-state index is 13.0. The summed E-state index contributed by atoms with van der Waals surface area (Å²) in [6.45, 7) is 2.13. The molecular formula is C24H20ClF3N4O3. The highest BCUT2D eigenvalue weighted by atomic mass is 35.5. The number of nitrogens with zero attached hydrogens (tertiary/aromatic N) is 2. The van der Waals surface area contributed by atoms with Gasteiger partial charge >= 0.3 is 6.18 Å². The second-order valence-corrected chi connectivity index (χ2v) is 8.12. The third kappa shape index (κ3) is 6.42. The fourth-order valence-electron chi connectivity index (χ4n) is 3.25. The van der Waals surface area contributed by atoms with Crippen molar-refractivity contribution in [2.24, 2.45) is 0 Å². The quantitative estimate of drug-likeness (QED) is 0.331. The lowest BCUT2D eigenvalue weighted by molar-refractivity contribution is -0.137. The van der Waals surface area contributed by atoms with Gasteiger partial charge in [0.2, 0.25) is 0 Å². The molecule has 2 aromatic carbocycles. The molecule has 0 spiro atoms. The summed E-state index contributed by atoms with van der Waals surface area (Å²) in [5.41, 5.74) is 1.01. The number of alkyl halides is 3. The standard InChI is InChI=1S/C24H20ClF3N4O3/c1-14-12-29-21(31-14)10-16-13-30-23(32-22(16)33)34-9-8-15-2-4-17(5-3-15)35-18-6-7-20(25)19(11-18)24(26,27)28/h2-7,11-13H,8-10H2,1H3,(H,29,31)(H,30,32,33). The Balaban J connectivity index is 1.30. The molecule has 182 valence electrons. The molecule has 0 amide bonds. The van der Waals surface area contributed by atoms with Gasteiger partial charge in [0.15, 0.2) is 0 Å². The van der Waals surface area contributed by atoms with E-state index >= 15 is 0 Å². The van der Waals surface area contributed by atoms with Gasteiger partial charge in [-0.15, -0.1) is 0 Å². The maximum Gasteiger partial charge on any atom is 0.417 e. The summed E-state index contributed by atoms with van der Waals surface area (Å²) in [6, 6.07) is 10.3. The van der Waals surface area contributed by atoms with Gasteiger partial charge in [0.05, 0.1) is 17.2 Å². The zero-order chi connectivity index (χ0) is 25.0. The summed E-state index contributed by atoms with van der Waals surface area (Å²) in [5.74, 6) is 1.07. The number of hydrogen-bond donors (Lipinski definition) is 2. The molecule has 7 nitrogen and oxygen atoms in total. The Labute approximate surface area is 202 Å². The van der Waals surface area contributed by atoms with Crippen molar-refractivity contribution in [3.8, 4) is 17.5 Å². The molecule has 2 N–H and O–H groups in total. The van der Waals surface area contributed by atoms with E-state index in [4.69, 9.17) is 21.1 Å². The number of hydrogen-bond acceptors (Lipinski definition) is 5. The van der Waals surface area contributed by atoms with Gasteiger partial charge in [0, 0.05) is 36.5 Å². The van der Waals surface area contributed by atoms with Crippen LogP contribution in [0.25, 0.3) is 0 Å². The lowest BCUT2D eigenvalue weighted by atomic mass is 10.1. The largest absolute Gasteiger partial charge is 0.464 e. The molecule has 0 bridgehead atoms. The summed E-state index contributed by atoms with van der Waals surface area (Å²) in [5, 5.41) is -0.390. The highest BCUT2D eigenvalue weighted by Gasteiger charge is 2.33. The average Bonchev–Trinajstić information content (AvgIpc) is 3.22. The number of nitrogens with one attached hydrogen (secondary N) is 2. The summed E-state index contributed by atoms with van der Waals surface area (Å²) < 4.78 is 50.1. The van der Waals surface area contributed by atoms with Gasteiger partial charge in [0.1, 0.15) is 17.3 Å². The SMILES string of the molecule is Cc1cnc(Cc2cnc(OCCc3ccc(Oc4ccc(Cl)c(C(F)(F)F)c4)cc3)[nH]c2=O)[nH]1. The minimum absolute atomic E-state index is 0.0264. The molecule has 0 radical (unpaired) electrons. The van der Waals surface area contributed by atoms with Gasteiger partial charge in [-0.25, -0.2) is 9.97 Å². The van der Waals surface area contributed by atoms with Crippen molar-refractivity contribution in [3.63, 3.8) is 0 Å². The van der Waals surface area contributed by atoms with Gasteiger partial charge in [0.25, 0.3) is 11.6 Å². The summed E-state index contributed by atoms with van der Waals surface area (Å²) >= 11 is 5.63. The number of aromatic nitrogens is 4. The van der Waals surface area contributed by atoms with Crippen LogP contribution in [0, 0.1) is 6.92 Å². The Morgan fingerprint density at radius 2 is 1.74 bits per heavy atom. The first-order chi connectivity index (χ1) is 16.7. The monoisotopic (exact) mass is 504 g/mol. The third-order valence-electron chi connectivity index (χ3n) is 4.99. The molecule has 11 heteroatoms. The molecule has 4 aromatic rings. The van der Waals surface area contributed by atoms with Gasteiger partial charge < -0.3 is 14.5 Å². The molecule has 4 rings (SSSR count). The van der Waals surface area contributed by atoms with Crippen LogP contribution in [0.5, 0.6) is 17.5 Å². The lowest BCUT2D eigenvalue weighted by Gasteiger charge is -2.12. The Bertz CT molecular complexity index is 1370. The number of aryl methyl sites for hydroxylation is 1. The Kier molecular flexibility index (Phi) is 7.11. The maximum absolute atomic E-state index is 13.0. The highest BCUT2D eigenvalue weighted by Crippen LogP contribution is 2.37. The zero-order valence-corrected chi connectivity index (χ0v) is 19.2. The van der Waals surface area contributed by atoms with Crippen molar-refractivity contribution in [3.05, 3.63) is 98.4 Å². The molecular weight excluding hydrogens is 485 g/mol. The van der Waals surface area contributed by atoms with Crippen molar-refractivity contribution in [1.82, 2.24) is 19.9 Å². The first-order valence-electron chi connectivity index (χ1n) is 10.5. The molecule has 2 heterocycles. The van der Waals surface area contributed by atoms with Crippen LogP contribution in [-0.2, 0) is 19.0 Å². The smallest absolute Gasteiger partial charge is 0.417 e. The van der Waals surface area contributed by atoms with Crippen LogP contribution in [0.4, 0.5) is 13.2 Å². The molecule has 35 heavy (non-hydrogen) atoms. The van der Waals surface area contributed by atoms with E-state index in [1.165, 1.54) is 12.3 Å². The summed E-state index contributed by atoms with van der Waals surface area (Å²) in [6.07, 6.45) is -0.582. The molecule has 0 aliphatic rings. The fourth-order valence-corrected chi connectivity index (χ4v) is 3.48. The van der Waals surface area contributed by atoms with E-state index in [0.717, 1.165) is 23.4 Å². The normalized spacial score (nSPS) is 11.5. The van der Waals surface area contributed by atoms with E-state index < -0.39 is 16.8 Å². The Morgan fingerprint density at radius 3 is 2.40 bits per heavy atom. The average molecular weight is 505 g/mol. The van der Waals surface area contributed by atoms with Crippen LogP contribution in [0.3, 0.4) is 0 Å². The van der Waals surface area contributed by atoms with Crippen LogP contribution in [-0.4, -0.2) is 26.5 Å². The predicted molar refractivity (Wildman–Crippen MR) is 123 cm³/mol. The van der Waals surface area contributed by atoms with Gasteiger partial charge in [-0.3, -0.25) is 9.78 Å². The first-order valence-corrected chi connectivity index (χ1v) is 10.9. The molecule has 0 saturated heterocycles. The van der Waals surface area contributed by atoms with E-state index in [2.05, 4.69) is 19.9 Å². The molecule has 0 atom stereocenters. The minimum Gasteiger partial charge on any atom is -0.464 e. The minimum atomic E-state index is -4.57. The lowest BCUT2D eigenvalue weighted by Crippen LogP contribution is -2.16. The summed E-state index contributed by atoms with van der Waals surface area (Å²) in [7, 11) is 0. The van der Waals surface area contributed by atoms with Crippen LogP contribution in [0.2, 0.25) is 5.02 Å². The number of benzene rings is 2. The van der Waals surface area contributed by atoms with Crippen molar-refractivity contribution in [2.45, 2.75) is 25.9 Å². The van der Waals surface area contributed by atoms with Gasteiger partial charge in [-0.1, -0.05) is 23.7 Å². The second kappa shape index (κ2) is 10.2. The Morgan fingerprint density at radius 1 is 1.00 bits per heavy atom. The van der Waals surface area contributed by atoms with Crippen molar-refractivity contribution in [2.75, 3.05) is 6.61 Å². The predicted octanol–water partition coefficient (Wildman–Crippen LogP) is 5.48. The van der Waals surface area contributed by atoms with Crippen LogP contribution >= 0.6 is 11.6 Å². The number of imidazole rings is 1.